The highest BCUT2D eigenvalue weighted by molar-refractivity contribution is 5.92. The van der Waals surface area contributed by atoms with Crippen molar-refractivity contribution >= 4 is 11.8 Å². The molecule has 6 nitrogen and oxygen atoms in total. The van der Waals surface area contributed by atoms with Crippen LogP contribution in [-0.4, -0.2) is 43.0 Å². The summed E-state index contributed by atoms with van der Waals surface area (Å²) in [5.74, 6) is -0.756. The Labute approximate surface area is 117 Å². The predicted octanol–water partition coefficient (Wildman–Crippen LogP) is -0.282. The van der Waals surface area contributed by atoms with Crippen LogP contribution in [0, 0.1) is 5.92 Å². The highest BCUT2D eigenvalue weighted by Gasteiger charge is 2.33. The molecule has 0 radical (unpaired) electrons. The Balaban J connectivity index is 1.98. The van der Waals surface area contributed by atoms with E-state index >= 15 is 0 Å². The van der Waals surface area contributed by atoms with Crippen LogP contribution in [0.25, 0.3) is 0 Å². The number of primary amides is 1. The second-order valence-electron chi connectivity index (χ2n) is 5.06. The molecule has 1 heterocycles. The Morgan fingerprint density at radius 1 is 1.30 bits per heavy atom. The molecule has 1 aliphatic rings. The first-order valence-corrected chi connectivity index (χ1v) is 6.46. The smallest absolute Gasteiger partial charge is 0.248 e. The Morgan fingerprint density at radius 2 is 1.95 bits per heavy atom. The average molecular weight is 277 g/mol. The molecule has 1 saturated heterocycles. The van der Waals surface area contributed by atoms with Crippen LogP contribution in [0.1, 0.15) is 15.9 Å². The van der Waals surface area contributed by atoms with E-state index in [4.69, 9.17) is 16.2 Å². The summed E-state index contributed by atoms with van der Waals surface area (Å²) >= 11 is 0. The van der Waals surface area contributed by atoms with Crippen molar-refractivity contribution in [3.63, 3.8) is 0 Å². The first-order chi connectivity index (χ1) is 9.49. The number of amides is 2. The normalized spacial score (nSPS) is 21.7. The molecule has 0 aliphatic carbocycles. The molecule has 20 heavy (non-hydrogen) atoms. The van der Waals surface area contributed by atoms with Crippen LogP contribution in [0.4, 0.5) is 0 Å². The molecule has 2 unspecified atom stereocenters. The summed E-state index contributed by atoms with van der Waals surface area (Å²) in [6.07, 6.45) is 0. The molecule has 1 aliphatic heterocycles. The zero-order chi connectivity index (χ0) is 14.7. The quantitative estimate of drug-likeness (QED) is 0.790. The van der Waals surface area contributed by atoms with Gasteiger partial charge in [0.1, 0.15) is 0 Å². The van der Waals surface area contributed by atoms with Gasteiger partial charge in [0, 0.05) is 25.2 Å². The van der Waals surface area contributed by atoms with Gasteiger partial charge in [0.2, 0.25) is 11.8 Å². The van der Waals surface area contributed by atoms with Gasteiger partial charge in [-0.25, -0.2) is 0 Å². The number of rotatable bonds is 4. The van der Waals surface area contributed by atoms with Crippen molar-refractivity contribution in [2.75, 3.05) is 20.3 Å². The first kappa shape index (κ1) is 14.5. The maximum Gasteiger partial charge on any atom is 0.248 e. The lowest BCUT2D eigenvalue weighted by Crippen LogP contribution is -2.41. The standard InChI is InChI=1S/C14H19N3O3/c1-17(14(19)11-7-20-8-12(11)15)6-9-2-4-10(5-3-9)13(16)18/h2-5,11-12H,6-8,15H2,1H3,(H2,16,18). The van der Waals surface area contributed by atoms with Crippen LogP contribution >= 0.6 is 0 Å². The molecule has 2 rings (SSSR count). The fourth-order valence-corrected chi connectivity index (χ4v) is 2.23. The van der Waals surface area contributed by atoms with E-state index in [1.54, 1.807) is 36.2 Å². The zero-order valence-corrected chi connectivity index (χ0v) is 11.4. The maximum atomic E-state index is 12.2. The van der Waals surface area contributed by atoms with Crippen molar-refractivity contribution in [2.45, 2.75) is 12.6 Å². The fourth-order valence-electron chi connectivity index (χ4n) is 2.23. The molecule has 0 spiro atoms. The van der Waals surface area contributed by atoms with E-state index in [-0.39, 0.29) is 17.9 Å². The summed E-state index contributed by atoms with van der Waals surface area (Å²) < 4.78 is 5.21. The van der Waals surface area contributed by atoms with Gasteiger partial charge in [0.05, 0.1) is 19.1 Å². The van der Waals surface area contributed by atoms with Gasteiger partial charge in [-0.1, -0.05) is 12.1 Å². The van der Waals surface area contributed by atoms with E-state index < -0.39 is 5.91 Å². The number of hydrogen-bond acceptors (Lipinski definition) is 4. The van der Waals surface area contributed by atoms with Crippen LogP contribution in [0.15, 0.2) is 24.3 Å². The van der Waals surface area contributed by atoms with Gasteiger partial charge in [-0.2, -0.15) is 0 Å². The van der Waals surface area contributed by atoms with E-state index in [2.05, 4.69) is 0 Å². The molecule has 0 aromatic heterocycles. The minimum atomic E-state index is -0.463. The van der Waals surface area contributed by atoms with E-state index in [0.717, 1.165) is 5.56 Å². The summed E-state index contributed by atoms with van der Waals surface area (Å²) in [6, 6.07) is 6.65. The number of carbonyl (C=O) groups excluding carboxylic acids is 2. The molecule has 2 amide bonds. The Kier molecular flexibility index (Phi) is 4.36. The molecule has 0 saturated carbocycles. The molecule has 0 bridgehead atoms. The third-order valence-corrected chi connectivity index (χ3v) is 3.48. The van der Waals surface area contributed by atoms with Gasteiger partial charge in [0.25, 0.3) is 0 Å². The number of ether oxygens (including phenoxy) is 1. The first-order valence-electron chi connectivity index (χ1n) is 6.46. The summed E-state index contributed by atoms with van der Waals surface area (Å²) in [7, 11) is 1.73. The number of carbonyl (C=O) groups is 2. The highest BCUT2D eigenvalue weighted by atomic mass is 16.5. The molecular weight excluding hydrogens is 258 g/mol. The SMILES string of the molecule is CN(Cc1ccc(C(N)=O)cc1)C(=O)C1COCC1N. The molecule has 2 atom stereocenters. The highest BCUT2D eigenvalue weighted by Crippen LogP contribution is 2.16. The average Bonchev–Trinajstić information content (AvgIpc) is 2.84. The fraction of sp³-hybridized carbons (Fsp3) is 0.429. The second kappa shape index (κ2) is 6.02. The third-order valence-electron chi connectivity index (χ3n) is 3.48. The van der Waals surface area contributed by atoms with Gasteiger partial charge in [-0.05, 0) is 17.7 Å². The molecule has 108 valence electrons. The second-order valence-corrected chi connectivity index (χ2v) is 5.06. The Morgan fingerprint density at radius 3 is 2.45 bits per heavy atom. The zero-order valence-electron chi connectivity index (χ0n) is 11.4. The number of benzene rings is 1. The molecule has 6 heteroatoms. The van der Waals surface area contributed by atoms with Crippen LogP contribution in [0.5, 0.6) is 0 Å². The van der Waals surface area contributed by atoms with E-state index in [1.807, 2.05) is 0 Å². The lowest BCUT2D eigenvalue weighted by atomic mass is 10.0. The van der Waals surface area contributed by atoms with Crippen LogP contribution in [-0.2, 0) is 16.1 Å². The monoisotopic (exact) mass is 277 g/mol. The summed E-state index contributed by atoms with van der Waals surface area (Å²) in [6.45, 7) is 1.27. The van der Waals surface area contributed by atoms with Gasteiger partial charge in [0.15, 0.2) is 0 Å². The van der Waals surface area contributed by atoms with E-state index in [1.165, 1.54) is 0 Å². The van der Waals surface area contributed by atoms with E-state index in [0.29, 0.717) is 25.3 Å². The molecule has 1 aromatic rings. The van der Waals surface area contributed by atoms with Crippen molar-refractivity contribution in [1.82, 2.24) is 4.90 Å². The Hall–Kier alpha value is -1.92. The minimum Gasteiger partial charge on any atom is -0.379 e. The number of hydrogen-bond donors (Lipinski definition) is 2. The Bertz CT molecular complexity index is 501. The van der Waals surface area contributed by atoms with Crippen molar-refractivity contribution in [3.8, 4) is 0 Å². The summed E-state index contributed by atoms with van der Waals surface area (Å²) in [4.78, 5) is 24.8. The topological polar surface area (TPSA) is 98.6 Å². The minimum absolute atomic E-state index is 0.0195. The summed E-state index contributed by atoms with van der Waals surface area (Å²) in [5, 5.41) is 0. The van der Waals surface area contributed by atoms with Gasteiger partial charge >= 0.3 is 0 Å². The van der Waals surface area contributed by atoms with Crippen molar-refractivity contribution in [2.24, 2.45) is 17.4 Å². The van der Waals surface area contributed by atoms with Crippen LogP contribution in [0.3, 0.4) is 0 Å². The number of nitrogens with two attached hydrogens (primary N) is 2. The van der Waals surface area contributed by atoms with Crippen molar-refractivity contribution in [3.05, 3.63) is 35.4 Å². The third kappa shape index (κ3) is 3.15. The van der Waals surface area contributed by atoms with Gasteiger partial charge < -0.3 is 21.1 Å². The van der Waals surface area contributed by atoms with Crippen molar-refractivity contribution in [1.29, 1.82) is 0 Å². The van der Waals surface area contributed by atoms with Crippen LogP contribution in [0.2, 0.25) is 0 Å². The van der Waals surface area contributed by atoms with E-state index in [9.17, 15) is 9.59 Å². The summed E-state index contributed by atoms with van der Waals surface area (Å²) in [5.41, 5.74) is 12.4. The van der Waals surface area contributed by atoms with Crippen LogP contribution < -0.4 is 11.5 Å². The maximum absolute atomic E-state index is 12.2. The molecular formula is C14H19N3O3. The van der Waals surface area contributed by atoms with Crippen molar-refractivity contribution < 1.29 is 14.3 Å². The molecule has 1 aromatic carbocycles. The lowest BCUT2D eigenvalue weighted by Gasteiger charge is -2.22. The molecule has 4 N–H and O–H groups in total. The lowest BCUT2D eigenvalue weighted by molar-refractivity contribution is -0.135. The van der Waals surface area contributed by atoms with Gasteiger partial charge in [-0.15, -0.1) is 0 Å². The largest absolute Gasteiger partial charge is 0.379 e. The predicted molar refractivity (Wildman–Crippen MR) is 73.7 cm³/mol. The molecule has 1 fully saturated rings. The van der Waals surface area contributed by atoms with Gasteiger partial charge in [-0.3, -0.25) is 9.59 Å². The number of nitrogens with zero attached hydrogens (tertiary/aromatic N) is 1.